The molecule has 1 N–H and O–H groups in total. The molecule has 0 unspecified atom stereocenters. The molecule has 0 bridgehead atoms. The summed E-state index contributed by atoms with van der Waals surface area (Å²) in [5.74, 6) is 2.18. The van der Waals surface area contributed by atoms with Crippen LogP contribution < -0.4 is 4.74 Å². The minimum Gasteiger partial charge on any atom is -0.493 e. The standard InChI is InChI=1S/C28H36N6O2/c1-21(2)20-36-25-6-4-3-5-24(25)19-33-15-11-28(12-16-33)13-17-34(18-14-28)27(35)23-9-7-22(8-10-23)26-29-31-32-30-26/h3-10,21H,11-20H2,1-2H3,(H,29,30,31,32). The number of tetrazole rings is 1. The van der Waals surface area contributed by atoms with E-state index in [9.17, 15) is 4.79 Å². The Kier molecular flexibility index (Phi) is 7.32. The quantitative estimate of drug-likeness (QED) is 0.530. The predicted molar refractivity (Wildman–Crippen MR) is 138 cm³/mol. The minimum atomic E-state index is 0.111. The van der Waals surface area contributed by atoms with Crippen molar-refractivity contribution in [3.63, 3.8) is 0 Å². The molecule has 1 aromatic heterocycles. The van der Waals surface area contributed by atoms with Gasteiger partial charge in [-0.15, -0.1) is 10.2 Å². The Morgan fingerprint density at radius 2 is 1.69 bits per heavy atom. The van der Waals surface area contributed by atoms with Crippen LogP contribution in [0.3, 0.4) is 0 Å². The molecule has 190 valence electrons. The molecule has 0 radical (unpaired) electrons. The van der Waals surface area contributed by atoms with Crippen LogP contribution in [-0.4, -0.2) is 69.1 Å². The van der Waals surface area contributed by atoms with Crippen LogP contribution in [0.2, 0.25) is 0 Å². The highest BCUT2D eigenvalue weighted by Gasteiger charge is 2.38. The Hall–Kier alpha value is -3.26. The Morgan fingerprint density at radius 1 is 1.00 bits per heavy atom. The summed E-state index contributed by atoms with van der Waals surface area (Å²) < 4.78 is 6.07. The van der Waals surface area contributed by atoms with Crippen molar-refractivity contribution in [2.75, 3.05) is 32.8 Å². The monoisotopic (exact) mass is 488 g/mol. The Bertz CT molecular complexity index is 1130. The number of aromatic amines is 1. The number of rotatable bonds is 7. The number of amides is 1. The normalized spacial score (nSPS) is 18.0. The van der Waals surface area contributed by atoms with Gasteiger partial charge in [-0.05, 0) is 73.5 Å². The number of piperidine rings is 2. The molecule has 1 spiro atoms. The van der Waals surface area contributed by atoms with Crippen LogP contribution in [-0.2, 0) is 6.54 Å². The largest absolute Gasteiger partial charge is 0.493 e. The van der Waals surface area contributed by atoms with Crippen molar-refractivity contribution in [2.45, 2.75) is 46.1 Å². The van der Waals surface area contributed by atoms with Gasteiger partial charge in [0.2, 0.25) is 5.82 Å². The Labute approximate surface area is 213 Å². The topological polar surface area (TPSA) is 87.2 Å². The zero-order valence-electron chi connectivity index (χ0n) is 21.3. The minimum absolute atomic E-state index is 0.111. The van der Waals surface area contributed by atoms with Crippen LogP contribution in [0.15, 0.2) is 48.5 Å². The van der Waals surface area contributed by atoms with Gasteiger partial charge in [0.25, 0.3) is 5.91 Å². The fourth-order valence-electron chi connectivity index (χ4n) is 5.37. The number of nitrogens with one attached hydrogen (secondary N) is 1. The summed E-state index contributed by atoms with van der Waals surface area (Å²) in [5.41, 5.74) is 3.20. The van der Waals surface area contributed by atoms with Crippen molar-refractivity contribution < 1.29 is 9.53 Å². The molecule has 2 aliphatic heterocycles. The molecule has 2 aliphatic rings. The molecule has 3 heterocycles. The van der Waals surface area contributed by atoms with Gasteiger partial charge >= 0.3 is 0 Å². The van der Waals surface area contributed by atoms with Gasteiger partial charge in [-0.2, -0.15) is 5.21 Å². The summed E-state index contributed by atoms with van der Waals surface area (Å²) in [7, 11) is 0. The van der Waals surface area contributed by atoms with Crippen molar-refractivity contribution >= 4 is 5.91 Å². The zero-order valence-corrected chi connectivity index (χ0v) is 21.3. The summed E-state index contributed by atoms with van der Waals surface area (Å²) in [6.45, 7) is 9.91. The molecule has 36 heavy (non-hydrogen) atoms. The summed E-state index contributed by atoms with van der Waals surface area (Å²) in [6, 6.07) is 15.9. The molecule has 8 heteroatoms. The molecule has 2 aromatic carbocycles. The second kappa shape index (κ2) is 10.8. The first-order valence-corrected chi connectivity index (χ1v) is 13.1. The molecule has 3 aromatic rings. The molecule has 0 aliphatic carbocycles. The fraction of sp³-hybridized carbons (Fsp3) is 0.500. The maximum atomic E-state index is 13.1. The Balaban J connectivity index is 1.12. The van der Waals surface area contributed by atoms with Crippen molar-refractivity contribution in [2.24, 2.45) is 11.3 Å². The van der Waals surface area contributed by atoms with Gasteiger partial charge < -0.3 is 9.64 Å². The van der Waals surface area contributed by atoms with E-state index in [0.29, 0.717) is 22.7 Å². The number of ether oxygens (including phenoxy) is 1. The Morgan fingerprint density at radius 3 is 2.36 bits per heavy atom. The SMILES string of the molecule is CC(C)COc1ccccc1CN1CCC2(CC1)CCN(C(=O)c1ccc(-c3nn[nH]n3)cc1)CC2. The van der Waals surface area contributed by atoms with Crippen molar-refractivity contribution in [1.82, 2.24) is 30.4 Å². The van der Waals surface area contributed by atoms with E-state index in [0.717, 1.165) is 63.5 Å². The van der Waals surface area contributed by atoms with Gasteiger partial charge in [0.15, 0.2) is 0 Å². The fourth-order valence-corrected chi connectivity index (χ4v) is 5.37. The number of hydrogen-bond acceptors (Lipinski definition) is 6. The number of benzene rings is 2. The van der Waals surface area contributed by atoms with Crippen LogP contribution in [0.4, 0.5) is 0 Å². The summed E-state index contributed by atoms with van der Waals surface area (Å²) in [4.78, 5) is 17.7. The first-order chi connectivity index (χ1) is 17.5. The summed E-state index contributed by atoms with van der Waals surface area (Å²) in [5, 5.41) is 14.0. The number of carbonyl (C=O) groups is 1. The highest BCUT2D eigenvalue weighted by Crippen LogP contribution is 2.42. The molecule has 2 saturated heterocycles. The lowest BCUT2D eigenvalue weighted by atomic mass is 9.71. The van der Waals surface area contributed by atoms with Crippen LogP contribution in [0.1, 0.15) is 55.5 Å². The molecule has 1 amide bonds. The number of nitrogens with zero attached hydrogens (tertiary/aromatic N) is 5. The molecular weight excluding hydrogens is 452 g/mol. The molecule has 2 fully saturated rings. The van der Waals surface area contributed by atoms with E-state index in [2.05, 4.69) is 63.6 Å². The molecular formula is C28H36N6O2. The third-order valence-electron chi connectivity index (χ3n) is 7.70. The lowest BCUT2D eigenvalue weighted by Crippen LogP contribution is -2.48. The second-order valence-corrected chi connectivity index (χ2v) is 10.7. The number of likely N-dealkylation sites (tertiary alicyclic amines) is 2. The maximum Gasteiger partial charge on any atom is 0.253 e. The van der Waals surface area contributed by atoms with E-state index in [1.54, 1.807) is 0 Å². The van der Waals surface area contributed by atoms with E-state index in [1.807, 2.05) is 29.2 Å². The van der Waals surface area contributed by atoms with Gasteiger partial charge in [0.1, 0.15) is 5.75 Å². The number of carbonyl (C=O) groups excluding carboxylic acids is 1. The third kappa shape index (κ3) is 5.59. The number of H-pyrrole nitrogens is 1. The summed E-state index contributed by atoms with van der Waals surface area (Å²) >= 11 is 0. The van der Waals surface area contributed by atoms with E-state index >= 15 is 0 Å². The van der Waals surface area contributed by atoms with Crippen LogP contribution in [0, 0.1) is 11.3 Å². The zero-order chi connectivity index (χ0) is 25.0. The first kappa shape index (κ1) is 24.4. The van der Waals surface area contributed by atoms with Crippen molar-refractivity contribution in [1.29, 1.82) is 0 Å². The van der Waals surface area contributed by atoms with Crippen LogP contribution >= 0.6 is 0 Å². The van der Waals surface area contributed by atoms with Gasteiger partial charge in [-0.1, -0.05) is 44.2 Å². The number of para-hydroxylation sites is 1. The van der Waals surface area contributed by atoms with Crippen LogP contribution in [0.25, 0.3) is 11.4 Å². The highest BCUT2D eigenvalue weighted by molar-refractivity contribution is 5.94. The predicted octanol–water partition coefficient (Wildman–Crippen LogP) is 4.42. The number of hydrogen-bond donors (Lipinski definition) is 1. The van der Waals surface area contributed by atoms with Crippen LogP contribution in [0.5, 0.6) is 5.75 Å². The van der Waals surface area contributed by atoms with Gasteiger partial charge in [-0.3, -0.25) is 9.69 Å². The second-order valence-electron chi connectivity index (χ2n) is 10.7. The molecule has 5 rings (SSSR count). The lowest BCUT2D eigenvalue weighted by Gasteiger charge is -2.47. The highest BCUT2D eigenvalue weighted by atomic mass is 16.5. The lowest BCUT2D eigenvalue weighted by molar-refractivity contribution is 0.0283. The smallest absolute Gasteiger partial charge is 0.253 e. The van der Waals surface area contributed by atoms with Gasteiger partial charge in [0, 0.05) is 36.3 Å². The average molecular weight is 489 g/mol. The molecule has 0 atom stereocenters. The van der Waals surface area contributed by atoms with E-state index < -0.39 is 0 Å². The first-order valence-electron chi connectivity index (χ1n) is 13.1. The molecule has 8 nitrogen and oxygen atoms in total. The van der Waals surface area contributed by atoms with E-state index in [1.165, 1.54) is 18.4 Å². The molecule has 0 saturated carbocycles. The van der Waals surface area contributed by atoms with Crippen molar-refractivity contribution in [3.8, 4) is 17.1 Å². The van der Waals surface area contributed by atoms with Gasteiger partial charge in [0.05, 0.1) is 6.61 Å². The van der Waals surface area contributed by atoms with Gasteiger partial charge in [-0.25, -0.2) is 0 Å². The summed E-state index contributed by atoms with van der Waals surface area (Å²) in [6.07, 6.45) is 4.57. The van der Waals surface area contributed by atoms with E-state index in [-0.39, 0.29) is 5.91 Å². The third-order valence-corrected chi connectivity index (χ3v) is 7.70. The maximum absolute atomic E-state index is 13.1. The average Bonchev–Trinajstić information content (AvgIpc) is 3.45. The van der Waals surface area contributed by atoms with Crippen molar-refractivity contribution in [3.05, 3.63) is 59.7 Å². The number of aromatic nitrogens is 4. The van der Waals surface area contributed by atoms with E-state index in [4.69, 9.17) is 4.74 Å².